The van der Waals surface area contributed by atoms with Crippen LogP contribution >= 0.6 is 0 Å². The average molecular weight is 263 g/mol. The van der Waals surface area contributed by atoms with E-state index in [-0.39, 0.29) is 12.1 Å². The molecule has 0 radical (unpaired) electrons. The molecule has 0 bridgehead atoms. The quantitative estimate of drug-likeness (QED) is 0.890. The van der Waals surface area contributed by atoms with Gasteiger partial charge in [0, 0.05) is 17.8 Å². The lowest BCUT2D eigenvalue weighted by Crippen LogP contribution is -2.07. The molecule has 0 atom stereocenters. The molecule has 0 saturated carbocycles. The van der Waals surface area contributed by atoms with Gasteiger partial charge in [-0.25, -0.2) is 13.6 Å². The Morgan fingerprint density at radius 3 is 2.21 bits per heavy atom. The molecule has 0 aliphatic rings. The van der Waals surface area contributed by atoms with Crippen molar-refractivity contribution in [1.82, 2.24) is 0 Å². The Morgan fingerprint density at radius 1 is 1.11 bits per heavy atom. The van der Waals surface area contributed by atoms with Crippen LogP contribution in [-0.4, -0.2) is 11.1 Å². The van der Waals surface area contributed by atoms with Crippen LogP contribution < -0.4 is 5.32 Å². The highest BCUT2D eigenvalue weighted by Crippen LogP contribution is 2.17. The monoisotopic (exact) mass is 263 g/mol. The maximum atomic E-state index is 13.6. The minimum atomic E-state index is -1.36. The van der Waals surface area contributed by atoms with E-state index < -0.39 is 23.2 Å². The lowest BCUT2D eigenvalue weighted by molar-refractivity contribution is 0.0695. The van der Waals surface area contributed by atoms with Crippen LogP contribution in [0, 0.1) is 11.6 Å². The first-order chi connectivity index (χ1) is 9.08. The summed E-state index contributed by atoms with van der Waals surface area (Å²) in [5.41, 5.74) is 0.135. The number of carboxylic acid groups (broad SMARTS) is 1. The highest BCUT2D eigenvalue weighted by atomic mass is 19.1. The van der Waals surface area contributed by atoms with Crippen molar-refractivity contribution in [2.45, 2.75) is 6.54 Å². The van der Waals surface area contributed by atoms with Crippen molar-refractivity contribution < 1.29 is 18.7 Å². The van der Waals surface area contributed by atoms with Crippen molar-refractivity contribution in [2.24, 2.45) is 0 Å². The molecule has 0 aliphatic heterocycles. The molecule has 0 spiro atoms. The second-order valence-corrected chi connectivity index (χ2v) is 3.94. The maximum absolute atomic E-state index is 13.6. The third-order valence-electron chi connectivity index (χ3n) is 2.63. The molecule has 0 unspecified atom stereocenters. The molecule has 3 nitrogen and oxygen atoms in total. The van der Waals surface area contributed by atoms with E-state index in [4.69, 9.17) is 5.11 Å². The van der Waals surface area contributed by atoms with Gasteiger partial charge in [0.2, 0.25) is 0 Å². The van der Waals surface area contributed by atoms with Crippen LogP contribution in [0.5, 0.6) is 0 Å². The zero-order valence-corrected chi connectivity index (χ0v) is 9.86. The van der Waals surface area contributed by atoms with Crippen LogP contribution in [0.1, 0.15) is 15.9 Å². The standard InChI is InChI=1S/C14H11F2NO2/c15-12-6-9(14(18)19)7-13(16)11(12)8-17-10-4-2-1-3-5-10/h1-7,17H,8H2,(H,18,19). The lowest BCUT2D eigenvalue weighted by atomic mass is 10.1. The molecule has 0 fully saturated rings. The SMILES string of the molecule is O=C(O)c1cc(F)c(CNc2ccccc2)c(F)c1. The van der Waals surface area contributed by atoms with Gasteiger partial charge in [0.1, 0.15) is 11.6 Å². The fraction of sp³-hybridized carbons (Fsp3) is 0.0714. The van der Waals surface area contributed by atoms with E-state index in [1.54, 1.807) is 24.3 Å². The number of rotatable bonds is 4. The first kappa shape index (κ1) is 13.0. The Bertz CT molecular complexity index is 577. The number of hydrogen-bond donors (Lipinski definition) is 2. The number of carbonyl (C=O) groups is 1. The molecule has 0 amide bonds. The molecule has 5 heteroatoms. The van der Waals surface area contributed by atoms with E-state index in [2.05, 4.69) is 5.32 Å². The molecule has 0 aliphatic carbocycles. The van der Waals surface area contributed by atoms with E-state index in [1.165, 1.54) is 0 Å². The highest BCUT2D eigenvalue weighted by Gasteiger charge is 2.14. The van der Waals surface area contributed by atoms with Gasteiger partial charge in [0.05, 0.1) is 5.56 Å². The van der Waals surface area contributed by atoms with Gasteiger partial charge in [-0.2, -0.15) is 0 Å². The zero-order valence-electron chi connectivity index (χ0n) is 9.86. The van der Waals surface area contributed by atoms with E-state index in [1.807, 2.05) is 6.07 Å². The summed E-state index contributed by atoms with van der Waals surface area (Å²) in [4.78, 5) is 10.6. The molecule has 0 saturated heterocycles. The maximum Gasteiger partial charge on any atom is 0.335 e. The van der Waals surface area contributed by atoms with Crippen molar-refractivity contribution in [2.75, 3.05) is 5.32 Å². The Kier molecular flexibility index (Phi) is 3.75. The van der Waals surface area contributed by atoms with Crippen molar-refractivity contribution in [3.8, 4) is 0 Å². The molecule has 2 aromatic rings. The summed E-state index contributed by atoms with van der Waals surface area (Å²) in [6, 6.07) is 10.6. The predicted octanol–water partition coefficient (Wildman–Crippen LogP) is 3.28. The van der Waals surface area contributed by atoms with E-state index in [9.17, 15) is 13.6 Å². The Hall–Kier alpha value is -2.43. The fourth-order valence-corrected chi connectivity index (χ4v) is 1.64. The van der Waals surface area contributed by atoms with Crippen LogP contribution in [0.4, 0.5) is 14.5 Å². The Balaban J connectivity index is 2.19. The van der Waals surface area contributed by atoms with Crippen molar-refractivity contribution in [3.63, 3.8) is 0 Å². The summed E-state index contributed by atoms with van der Waals surface area (Å²) in [7, 11) is 0. The second kappa shape index (κ2) is 5.48. The molecular formula is C14H11F2NO2. The molecule has 98 valence electrons. The number of benzene rings is 2. The summed E-state index contributed by atoms with van der Waals surface area (Å²) < 4.78 is 27.3. The van der Waals surface area contributed by atoms with Crippen LogP contribution in [0.2, 0.25) is 0 Å². The number of nitrogens with one attached hydrogen (secondary N) is 1. The average Bonchev–Trinajstić information content (AvgIpc) is 2.38. The van der Waals surface area contributed by atoms with Gasteiger partial charge in [-0.1, -0.05) is 18.2 Å². The minimum Gasteiger partial charge on any atom is -0.478 e. The summed E-state index contributed by atoms with van der Waals surface area (Å²) in [6.07, 6.45) is 0. The van der Waals surface area contributed by atoms with E-state index >= 15 is 0 Å². The first-order valence-corrected chi connectivity index (χ1v) is 5.58. The molecule has 2 N–H and O–H groups in total. The lowest BCUT2D eigenvalue weighted by Gasteiger charge is -2.09. The van der Waals surface area contributed by atoms with Crippen LogP contribution in [-0.2, 0) is 6.54 Å². The molecule has 2 aromatic carbocycles. The van der Waals surface area contributed by atoms with Crippen molar-refractivity contribution in [3.05, 3.63) is 65.2 Å². The van der Waals surface area contributed by atoms with Gasteiger partial charge >= 0.3 is 5.97 Å². The van der Waals surface area contributed by atoms with Gasteiger partial charge in [-0.05, 0) is 24.3 Å². The molecule has 0 heterocycles. The van der Waals surface area contributed by atoms with Crippen molar-refractivity contribution in [1.29, 1.82) is 0 Å². The second-order valence-electron chi connectivity index (χ2n) is 3.94. The van der Waals surface area contributed by atoms with E-state index in [0.717, 1.165) is 17.8 Å². The van der Waals surface area contributed by atoms with Crippen LogP contribution in [0.25, 0.3) is 0 Å². The predicted molar refractivity (Wildman–Crippen MR) is 67.1 cm³/mol. The highest BCUT2D eigenvalue weighted by molar-refractivity contribution is 5.87. The van der Waals surface area contributed by atoms with Gasteiger partial charge in [0.25, 0.3) is 0 Å². The van der Waals surface area contributed by atoms with Gasteiger partial charge < -0.3 is 10.4 Å². The minimum absolute atomic E-state index is 0.0540. The van der Waals surface area contributed by atoms with Crippen LogP contribution in [0.3, 0.4) is 0 Å². The Morgan fingerprint density at radius 2 is 1.68 bits per heavy atom. The largest absolute Gasteiger partial charge is 0.478 e. The molecule has 19 heavy (non-hydrogen) atoms. The number of para-hydroxylation sites is 1. The summed E-state index contributed by atoms with van der Waals surface area (Å²) in [5, 5.41) is 11.5. The molecule has 2 rings (SSSR count). The fourth-order valence-electron chi connectivity index (χ4n) is 1.64. The third-order valence-corrected chi connectivity index (χ3v) is 2.63. The first-order valence-electron chi connectivity index (χ1n) is 5.58. The van der Waals surface area contributed by atoms with E-state index in [0.29, 0.717) is 0 Å². The summed E-state index contributed by atoms with van der Waals surface area (Å²) >= 11 is 0. The smallest absolute Gasteiger partial charge is 0.335 e. The van der Waals surface area contributed by atoms with Gasteiger partial charge in [-0.3, -0.25) is 0 Å². The number of anilines is 1. The van der Waals surface area contributed by atoms with Gasteiger partial charge in [-0.15, -0.1) is 0 Å². The van der Waals surface area contributed by atoms with Gasteiger partial charge in [0.15, 0.2) is 0 Å². The molecule has 0 aromatic heterocycles. The topological polar surface area (TPSA) is 49.3 Å². The number of hydrogen-bond acceptors (Lipinski definition) is 2. The number of aromatic carboxylic acids is 1. The molecular weight excluding hydrogens is 252 g/mol. The summed E-state index contributed by atoms with van der Waals surface area (Å²) in [5.74, 6) is -3.11. The Labute approximate surface area is 108 Å². The van der Waals surface area contributed by atoms with Crippen molar-refractivity contribution >= 4 is 11.7 Å². The zero-order chi connectivity index (χ0) is 13.8. The normalized spacial score (nSPS) is 10.2. The third kappa shape index (κ3) is 3.07. The number of halogens is 2. The number of carboxylic acids is 1. The summed E-state index contributed by atoms with van der Waals surface area (Å²) in [6.45, 7) is -0.0540. The van der Waals surface area contributed by atoms with Crippen LogP contribution in [0.15, 0.2) is 42.5 Å².